The molecule has 0 aromatic heterocycles. The zero-order chi connectivity index (χ0) is 16.8. The van der Waals surface area contributed by atoms with E-state index >= 15 is 0 Å². The van der Waals surface area contributed by atoms with Crippen LogP contribution in [0.2, 0.25) is 0 Å². The molecule has 0 aromatic rings. The van der Waals surface area contributed by atoms with Crippen molar-refractivity contribution in [2.45, 2.75) is 58.3 Å². The van der Waals surface area contributed by atoms with Gasteiger partial charge in [-0.3, -0.25) is 9.59 Å². The Hall–Kier alpha value is -0.830. The number of unbranched alkanes of at least 4 members (excludes halogenated alkanes) is 5. The highest BCUT2D eigenvalue weighted by Gasteiger charge is 2.24. The number of carbonyl (C=O) groups excluding carboxylic acids is 2. The molecule has 0 spiro atoms. The van der Waals surface area contributed by atoms with Gasteiger partial charge in [-0.25, -0.2) is 0 Å². The molecule has 0 aliphatic rings. The van der Waals surface area contributed by atoms with Gasteiger partial charge in [0.1, 0.15) is 0 Å². The Labute approximate surface area is 134 Å². The number of methoxy groups -OCH3 is 2. The third-order valence-electron chi connectivity index (χ3n) is 3.82. The lowest BCUT2D eigenvalue weighted by Gasteiger charge is -2.17. The first-order chi connectivity index (χ1) is 10.5. The Kier molecular flexibility index (Phi) is 12.2. The Bertz CT molecular complexity index is 344. The summed E-state index contributed by atoms with van der Waals surface area (Å²) in [4.78, 5) is 22.5. The Morgan fingerprint density at radius 1 is 0.773 bits per heavy atom. The fourth-order valence-corrected chi connectivity index (χ4v) is 4.96. The summed E-state index contributed by atoms with van der Waals surface area (Å²) in [6.07, 6.45) is 8.33. The first-order valence-corrected chi connectivity index (χ1v) is 10.4. The SMILES string of the molecule is CCCCCCCCP(=O)(CCC(=O)OC)CCC(=O)OC. The molecule has 130 valence electrons. The average Bonchev–Trinajstić information content (AvgIpc) is 2.53. The molecule has 0 saturated carbocycles. The third-order valence-corrected chi connectivity index (χ3v) is 7.03. The number of rotatable bonds is 13. The van der Waals surface area contributed by atoms with Crippen molar-refractivity contribution in [3.8, 4) is 0 Å². The van der Waals surface area contributed by atoms with Crippen molar-refractivity contribution >= 4 is 19.1 Å². The van der Waals surface area contributed by atoms with Crippen molar-refractivity contribution in [1.29, 1.82) is 0 Å². The summed E-state index contributed by atoms with van der Waals surface area (Å²) in [5.74, 6) is -0.692. The Morgan fingerprint density at radius 2 is 1.23 bits per heavy atom. The van der Waals surface area contributed by atoms with E-state index in [1.54, 1.807) is 0 Å². The van der Waals surface area contributed by atoms with Gasteiger partial charge in [0.25, 0.3) is 0 Å². The van der Waals surface area contributed by atoms with E-state index in [-0.39, 0.29) is 24.8 Å². The second-order valence-corrected chi connectivity index (χ2v) is 9.11. The van der Waals surface area contributed by atoms with Gasteiger partial charge in [-0.2, -0.15) is 0 Å². The maximum Gasteiger partial charge on any atom is 0.305 e. The van der Waals surface area contributed by atoms with Crippen LogP contribution in [0.4, 0.5) is 0 Å². The minimum atomic E-state index is -2.51. The quantitative estimate of drug-likeness (QED) is 0.291. The maximum atomic E-state index is 12.9. The molecule has 0 rings (SSSR count). The van der Waals surface area contributed by atoms with Gasteiger partial charge in [-0.1, -0.05) is 39.0 Å². The van der Waals surface area contributed by atoms with Gasteiger partial charge in [-0.05, 0) is 6.42 Å². The number of ether oxygens (including phenoxy) is 2. The largest absolute Gasteiger partial charge is 0.469 e. The summed E-state index contributed by atoms with van der Waals surface area (Å²) in [7, 11) is 0.147. The minimum Gasteiger partial charge on any atom is -0.469 e. The monoisotopic (exact) mass is 334 g/mol. The highest BCUT2D eigenvalue weighted by atomic mass is 31.2. The van der Waals surface area contributed by atoms with Crippen LogP contribution in [0, 0.1) is 0 Å². The van der Waals surface area contributed by atoms with Crippen molar-refractivity contribution in [2.75, 3.05) is 32.7 Å². The molecule has 0 N–H and O–H groups in total. The van der Waals surface area contributed by atoms with Crippen LogP contribution < -0.4 is 0 Å². The molecule has 0 aliphatic carbocycles. The Balaban J connectivity index is 4.28. The van der Waals surface area contributed by atoms with E-state index in [9.17, 15) is 14.2 Å². The molecule has 0 radical (unpaired) electrons. The first kappa shape index (κ1) is 21.2. The highest BCUT2D eigenvalue weighted by Crippen LogP contribution is 2.47. The van der Waals surface area contributed by atoms with E-state index in [0.717, 1.165) is 19.3 Å². The van der Waals surface area contributed by atoms with Crippen LogP contribution in [-0.4, -0.2) is 44.6 Å². The molecule has 0 heterocycles. The number of carbonyl (C=O) groups is 2. The maximum absolute atomic E-state index is 12.9. The first-order valence-electron chi connectivity index (χ1n) is 8.18. The lowest BCUT2D eigenvalue weighted by Crippen LogP contribution is -2.10. The van der Waals surface area contributed by atoms with Crippen LogP contribution in [0.5, 0.6) is 0 Å². The van der Waals surface area contributed by atoms with E-state index in [1.807, 2.05) is 0 Å². The normalized spacial score (nSPS) is 11.2. The van der Waals surface area contributed by atoms with E-state index in [4.69, 9.17) is 0 Å². The van der Waals surface area contributed by atoms with Gasteiger partial charge >= 0.3 is 11.9 Å². The molecular formula is C16H31O5P. The van der Waals surface area contributed by atoms with Crippen molar-refractivity contribution < 1.29 is 23.6 Å². The van der Waals surface area contributed by atoms with E-state index in [0.29, 0.717) is 18.5 Å². The van der Waals surface area contributed by atoms with Crippen LogP contribution in [0.25, 0.3) is 0 Å². The molecule has 0 fully saturated rings. The predicted molar refractivity (Wildman–Crippen MR) is 88.8 cm³/mol. The molecule has 6 heteroatoms. The van der Waals surface area contributed by atoms with Crippen LogP contribution in [-0.2, 0) is 23.6 Å². The summed E-state index contributed by atoms with van der Waals surface area (Å²) < 4.78 is 22.1. The molecule has 0 saturated heterocycles. The second-order valence-electron chi connectivity index (χ2n) is 5.65. The van der Waals surface area contributed by atoms with Gasteiger partial charge in [-0.15, -0.1) is 0 Å². The Morgan fingerprint density at radius 3 is 1.68 bits per heavy atom. The van der Waals surface area contributed by atoms with Crippen LogP contribution in [0.15, 0.2) is 0 Å². The van der Waals surface area contributed by atoms with Crippen LogP contribution in [0.1, 0.15) is 58.3 Å². The van der Waals surface area contributed by atoms with Gasteiger partial charge in [0.15, 0.2) is 0 Å². The van der Waals surface area contributed by atoms with Crippen molar-refractivity contribution in [2.24, 2.45) is 0 Å². The minimum absolute atomic E-state index is 0.158. The molecule has 22 heavy (non-hydrogen) atoms. The smallest absolute Gasteiger partial charge is 0.305 e. The summed E-state index contributed by atoms with van der Waals surface area (Å²) in [5.41, 5.74) is 0. The van der Waals surface area contributed by atoms with Gasteiger partial charge in [0, 0.05) is 18.5 Å². The third kappa shape index (κ3) is 10.8. The molecule has 0 atom stereocenters. The second kappa shape index (κ2) is 12.7. The van der Waals surface area contributed by atoms with Gasteiger partial charge in [0.2, 0.25) is 0 Å². The summed E-state index contributed by atoms with van der Waals surface area (Å²) in [5, 5.41) is 0. The predicted octanol–water partition coefficient (Wildman–Crippen LogP) is 3.84. The standard InChI is InChI=1S/C16H31O5P/c1-4-5-6-7-8-9-12-22(19,13-10-15(17)20-2)14-11-16(18)21-3/h4-14H2,1-3H3. The molecule has 0 bridgehead atoms. The average molecular weight is 334 g/mol. The van der Waals surface area contributed by atoms with Gasteiger partial charge < -0.3 is 14.0 Å². The number of hydrogen-bond acceptors (Lipinski definition) is 5. The van der Waals surface area contributed by atoms with Crippen molar-refractivity contribution in [1.82, 2.24) is 0 Å². The zero-order valence-corrected chi connectivity index (χ0v) is 15.2. The fourth-order valence-electron chi connectivity index (χ4n) is 2.31. The highest BCUT2D eigenvalue weighted by molar-refractivity contribution is 7.64. The fraction of sp³-hybridized carbons (Fsp3) is 0.875. The summed E-state index contributed by atoms with van der Waals surface area (Å²) in [6.45, 7) is 2.17. The lowest BCUT2D eigenvalue weighted by molar-refractivity contribution is -0.140. The summed E-state index contributed by atoms with van der Waals surface area (Å²) in [6, 6.07) is 0. The zero-order valence-electron chi connectivity index (χ0n) is 14.3. The molecule has 0 aromatic carbocycles. The van der Waals surface area contributed by atoms with E-state index in [1.165, 1.54) is 33.5 Å². The van der Waals surface area contributed by atoms with Crippen LogP contribution in [0.3, 0.4) is 0 Å². The number of hydrogen-bond donors (Lipinski definition) is 0. The molecule has 5 nitrogen and oxygen atoms in total. The topological polar surface area (TPSA) is 69.7 Å². The molecule has 0 unspecified atom stereocenters. The van der Waals surface area contributed by atoms with E-state index < -0.39 is 7.14 Å². The van der Waals surface area contributed by atoms with Crippen LogP contribution >= 0.6 is 7.14 Å². The van der Waals surface area contributed by atoms with Crippen molar-refractivity contribution in [3.05, 3.63) is 0 Å². The van der Waals surface area contributed by atoms with Crippen molar-refractivity contribution in [3.63, 3.8) is 0 Å². The summed E-state index contributed by atoms with van der Waals surface area (Å²) >= 11 is 0. The van der Waals surface area contributed by atoms with Gasteiger partial charge in [0.05, 0.1) is 34.2 Å². The molecule has 0 aliphatic heterocycles. The number of esters is 2. The molecular weight excluding hydrogens is 303 g/mol. The lowest BCUT2D eigenvalue weighted by atomic mass is 10.1. The molecule has 0 amide bonds. The van der Waals surface area contributed by atoms with E-state index in [2.05, 4.69) is 16.4 Å².